The van der Waals surface area contributed by atoms with E-state index in [9.17, 15) is 9.90 Å². The molecule has 198 valence electrons. The van der Waals surface area contributed by atoms with Gasteiger partial charge in [0.25, 0.3) is 0 Å². The highest BCUT2D eigenvalue weighted by Gasteiger charge is 2.36. The van der Waals surface area contributed by atoms with Crippen molar-refractivity contribution in [1.29, 1.82) is 0 Å². The summed E-state index contributed by atoms with van der Waals surface area (Å²) in [6, 6.07) is 2.97. The molecular formula is C29H48O5Si. The molecule has 0 fully saturated rings. The third-order valence-electron chi connectivity index (χ3n) is 6.93. The smallest absolute Gasteiger partial charge is 0.335 e. The summed E-state index contributed by atoms with van der Waals surface area (Å²) >= 11 is 0. The average molecular weight is 505 g/mol. The van der Waals surface area contributed by atoms with Crippen molar-refractivity contribution in [2.24, 2.45) is 0 Å². The molecule has 0 aliphatic heterocycles. The molecule has 0 aliphatic carbocycles. The number of methoxy groups -OCH3 is 2. The first-order valence-electron chi connectivity index (χ1n) is 13.2. The number of unbranched alkanes of at least 4 members (excludes halogenated alkanes) is 10. The van der Waals surface area contributed by atoms with Crippen LogP contribution in [-0.4, -0.2) is 40.2 Å². The first-order valence-corrected chi connectivity index (χ1v) is 16.1. The Morgan fingerprint density at radius 2 is 1.31 bits per heavy atom. The number of benzene rings is 1. The van der Waals surface area contributed by atoms with Crippen LogP contribution in [0.3, 0.4) is 0 Å². The van der Waals surface area contributed by atoms with E-state index in [4.69, 9.17) is 13.9 Å². The topological polar surface area (TPSA) is 65.0 Å². The largest absolute Gasteiger partial charge is 0.495 e. The fourth-order valence-electron chi connectivity index (χ4n) is 3.58. The molecule has 0 aromatic heterocycles. The van der Waals surface area contributed by atoms with Gasteiger partial charge in [0.15, 0.2) is 8.32 Å². The Hall–Kier alpha value is -1.97. The van der Waals surface area contributed by atoms with E-state index in [1.165, 1.54) is 84.1 Å². The van der Waals surface area contributed by atoms with Gasteiger partial charge < -0.3 is 19.0 Å². The maximum absolute atomic E-state index is 11.3. The molecule has 0 saturated carbocycles. The van der Waals surface area contributed by atoms with Crippen LogP contribution in [0.2, 0.25) is 18.1 Å². The molecule has 0 atom stereocenters. The molecule has 0 aliphatic rings. The van der Waals surface area contributed by atoms with E-state index in [-0.39, 0.29) is 5.56 Å². The Bertz CT molecular complexity index is 805. The number of hydrogen-bond acceptors (Lipinski definition) is 4. The molecule has 0 saturated heterocycles. The van der Waals surface area contributed by atoms with Gasteiger partial charge >= 0.3 is 5.97 Å². The second-order valence-electron chi connectivity index (χ2n) is 10.8. The number of carboxylic acids is 1. The fraction of sp³-hybridized carbons (Fsp3) is 0.690. The molecular weight excluding hydrogens is 456 g/mol. The molecule has 1 N–H and O–H groups in total. The Labute approximate surface area is 215 Å². The van der Waals surface area contributed by atoms with Crippen LogP contribution in [0.4, 0.5) is 0 Å². The third-order valence-corrected chi connectivity index (χ3v) is 11.5. The van der Waals surface area contributed by atoms with Crippen LogP contribution < -0.4 is 9.47 Å². The monoisotopic (exact) mass is 504 g/mol. The lowest BCUT2D eigenvalue weighted by atomic mass is 10.1. The molecule has 1 aromatic rings. The molecule has 1 rings (SSSR count). The fourth-order valence-corrected chi connectivity index (χ4v) is 4.67. The van der Waals surface area contributed by atoms with Gasteiger partial charge in [0.1, 0.15) is 17.1 Å². The van der Waals surface area contributed by atoms with Crippen molar-refractivity contribution in [3.63, 3.8) is 0 Å². The molecule has 0 radical (unpaired) electrons. The van der Waals surface area contributed by atoms with Gasteiger partial charge in [0.2, 0.25) is 0 Å². The van der Waals surface area contributed by atoms with Crippen molar-refractivity contribution in [1.82, 2.24) is 0 Å². The maximum Gasteiger partial charge on any atom is 0.335 e. The van der Waals surface area contributed by atoms with E-state index in [2.05, 4.69) is 45.7 Å². The number of hydrogen-bond donors (Lipinski definition) is 1. The zero-order chi connectivity index (χ0) is 26.3. The van der Waals surface area contributed by atoms with E-state index < -0.39 is 14.3 Å². The van der Waals surface area contributed by atoms with Crippen molar-refractivity contribution < 1.29 is 23.8 Å². The lowest BCUT2D eigenvalue weighted by Crippen LogP contribution is -2.40. The Balaban J connectivity index is 2.15. The first kappa shape index (κ1) is 31.1. The summed E-state index contributed by atoms with van der Waals surface area (Å²) in [5, 5.41) is 9.52. The minimum absolute atomic E-state index is 0.125. The molecule has 5 nitrogen and oxygen atoms in total. The van der Waals surface area contributed by atoms with Crippen molar-refractivity contribution in [2.75, 3.05) is 20.8 Å². The number of rotatable bonds is 16. The van der Waals surface area contributed by atoms with Gasteiger partial charge in [-0.3, -0.25) is 0 Å². The Morgan fingerprint density at radius 1 is 0.857 bits per heavy atom. The molecule has 35 heavy (non-hydrogen) atoms. The standard InChI is InChI=1S/C29H48O5Si/c1-29(2,3)35(6,7)34-21-19-17-15-13-11-9-8-10-12-14-16-18-20-25-26(32-4)22-24(28(30)31)23-27(25)33-5/h22-23H,8-17,19,21H2,1-7H3,(H,30,31). The number of carbonyl (C=O) groups is 1. The predicted octanol–water partition coefficient (Wildman–Crippen LogP) is 8.07. The summed E-state index contributed by atoms with van der Waals surface area (Å²) in [4.78, 5) is 11.3. The Morgan fingerprint density at radius 3 is 1.74 bits per heavy atom. The summed E-state index contributed by atoms with van der Waals surface area (Å²) in [5.41, 5.74) is 0.728. The van der Waals surface area contributed by atoms with Gasteiger partial charge in [0.05, 0.1) is 19.8 Å². The molecule has 0 unspecified atom stereocenters. The highest BCUT2D eigenvalue weighted by atomic mass is 28.4. The summed E-state index contributed by atoms with van der Waals surface area (Å²) in [6.07, 6.45) is 13.4. The summed E-state index contributed by atoms with van der Waals surface area (Å²) < 4.78 is 16.9. The maximum atomic E-state index is 11.3. The normalized spacial score (nSPS) is 11.6. The second-order valence-corrected chi connectivity index (χ2v) is 15.6. The number of carboxylic acid groups (broad SMARTS) is 1. The third kappa shape index (κ3) is 11.5. The summed E-state index contributed by atoms with van der Waals surface area (Å²) in [6.45, 7) is 12.5. The van der Waals surface area contributed by atoms with E-state index in [0.717, 1.165) is 19.4 Å². The van der Waals surface area contributed by atoms with E-state index in [0.29, 0.717) is 22.1 Å². The van der Waals surface area contributed by atoms with E-state index in [1.54, 1.807) is 0 Å². The second kappa shape index (κ2) is 15.9. The predicted molar refractivity (Wildman–Crippen MR) is 147 cm³/mol. The summed E-state index contributed by atoms with van der Waals surface area (Å²) in [5.74, 6) is 6.13. The van der Waals surface area contributed by atoms with Crippen molar-refractivity contribution in [2.45, 2.75) is 110 Å². The lowest BCUT2D eigenvalue weighted by molar-refractivity contribution is 0.0696. The molecule has 0 heterocycles. The first-order chi connectivity index (χ1) is 16.5. The van der Waals surface area contributed by atoms with Crippen LogP contribution >= 0.6 is 0 Å². The van der Waals surface area contributed by atoms with Gasteiger partial charge in [0, 0.05) is 13.0 Å². The van der Waals surface area contributed by atoms with Gasteiger partial charge in [-0.15, -0.1) is 0 Å². The van der Waals surface area contributed by atoms with E-state index in [1.807, 2.05) is 0 Å². The van der Waals surface area contributed by atoms with Crippen molar-refractivity contribution in [3.05, 3.63) is 23.3 Å². The average Bonchev–Trinajstić information content (AvgIpc) is 2.80. The van der Waals surface area contributed by atoms with E-state index >= 15 is 0 Å². The van der Waals surface area contributed by atoms with Gasteiger partial charge in [-0.2, -0.15) is 0 Å². The highest BCUT2D eigenvalue weighted by molar-refractivity contribution is 6.74. The van der Waals surface area contributed by atoms with Gasteiger partial charge in [-0.1, -0.05) is 84.0 Å². The Kier molecular flexibility index (Phi) is 14.1. The van der Waals surface area contributed by atoms with Crippen LogP contribution in [0.25, 0.3) is 0 Å². The number of ether oxygens (including phenoxy) is 2. The minimum atomic E-state index is -1.58. The number of aromatic carboxylic acids is 1. The molecule has 0 spiro atoms. The van der Waals surface area contributed by atoms with Gasteiger partial charge in [-0.25, -0.2) is 4.79 Å². The van der Waals surface area contributed by atoms with Crippen LogP contribution in [0.1, 0.15) is 107 Å². The molecule has 6 heteroatoms. The highest BCUT2D eigenvalue weighted by Crippen LogP contribution is 2.36. The molecule has 1 aromatic carbocycles. The van der Waals surface area contributed by atoms with Crippen LogP contribution in [0.5, 0.6) is 11.5 Å². The summed E-state index contributed by atoms with van der Waals surface area (Å²) in [7, 11) is 1.44. The van der Waals surface area contributed by atoms with Crippen molar-refractivity contribution in [3.8, 4) is 23.3 Å². The van der Waals surface area contributed by atoms with Crippen LogP contribution in [0.15, 0.2) is 12.1 Å². The van der Waals surface area contributed by atoms with Crippen molar-refractivity contribution >= 4 is 14.3 Å². The van der Waals surface area contributed by atoms with Crippen LogP contribution in [-0.2, 0) is 4.43 Å². The SMILES string of the molecule is COc1cc(C(=O)O)cc(OC)c1C#CCCCCCCCCCCCCO[Si](C)(C)C(C)(C)C. The molecule has 0 amide bonds. The zero-order valence-corrected chi connectivity index (χ0v) is 24.2. The van der Waals surface area contributed by atoms with Gasteiger partial charge in [-0.05, 0) is 43.1 Å². The van der Waals surface area contributed by atoms with Crippen LogP contribution in [0, 0.1) is 11.8 Å². The minimum Gasteiger partial charge on any atom is -0.495 e. The lowest BCUT2D eigenvalue weighted by Gasteiger charge is -2.36. The quantitative estimate of drug-likeness (QED) is 0.140. The zero-order valence-electron chi connectivity index (χ0n) is 23.2. The molecule has 0 bridgehead atoms.